The van der Waals surface area contributed by atoms with Crippen LogP contribution in [0.25, 0.3) is 22.2 Å². The summed E-state index contributed by atoms with van der Waals surface area (Å²) >= 11 is 0. The normalized spacial score (nSPS) is 18.9. The molecule has 4 heterocycles. The van der Waals surface area contributed by atoms with Crippen LogP contribution < -0.4 is 4.90 Å². The minimum atomic E-state index is 0.826. The number of pyridine rings is 1. The maximum Gasteiger partial charge on any atom is 0.0795 e. The number of benzene rings is 1. The van der Waals surface area contributed by atoms with Gasteiger partial charge >= 0.3 is 0 Å². The fourth-order valence-corrected chi connectivity index (χ4v) is 4.58. The highest BCUT2D eigenvalue weighted by molar-refractivity contribution is 5.93. The van der Waals surface area contributed by atoms with E-state index >= 15 is 0 Å². The molecule has 0 bridgehead atoms. The Morgan fingerprint density at radius 3 is 2.43 bits per heavy atom. The van der Waals surface area contributed by atoms with E-state index in [0.29, 0.717) is 0 Å². The van der Waals surface area contributed by atoms with Crippen molar-refractivity contribution in [1.29, 1.82) is 0 Å². The van der Waals surface area contributed by atoms with Crippen molar-refractivity contribution in [2.45, 2.75) is 13.5 Å². The predicted molar refractivity (Wildman–Crippen MR) is 122 cm³/mol. The minimum Gasteiger partial charge on any atom is -0.379 e. The molecule has 2 aliphatic heterocycles. The van der Waals surface area contributed by atoms with E-state index in [2.05, 4.69) is 63.0 Å². The quantitative estimate of drug-likeness (QED) is 0.706. The molecule has 30 heavy (non-hydrogen) atoms. The molecule has 2 fully saturated rings. The van der Waals surface area contributed by atoms with Crippen LogP contribution in [0.15, 0.2) is 42.6 Å². The number of piperazine rings is 1. The summed E-state index contributed by atoms with van der Waals surface area (Å²) in [4.78, 5) is 15.8. The van der Waals surface area contributed by atoms with Gasteiger partial charge in [0.1, 0.15) is 0 Å². The van der Waals surface area contributed by atoms with E-state index in [1.54, 1.807) is 0 Å². The smallest absolute Gasteiger partial charge is 0.0795 e. The van der Waals surface area contributed by atoms with Gasteiger partial charge in [-0.3, -0.25) is 9.88 Å². The SMILES string of the molecule is CCN1CCN(c2ccc(-c3nccc4[nH]c(CN5CCOCC5)cc34)cc2)CC1. The topological polar surface area (TPSA) is 47.6 Å². The highest BCUT2D eigenvalue weighted by Crippen LogP contribution is 2.29. The lowest BCUT2D eigenvalue weighted by molar-refractivity contribution is 0.0337. The van der Waals surface area contributed by atoms with E-state index in [0.717, 1.165) is 76.8 Å². The van der Waals surface area contributed by atoms with Crippen LogP contribution in [0.5, 0.6) is 0 Å². The molecule has 2 aliphatic rings. The number of hydrogen-bond acceptors (Lipinski definition) is 5. The van der Waals surface area contributed by atoms with Crippen molar-refractivity contribution >= 4 is 16.6 Å². The number of anilines is 1. The summed E-state index contributed by atoms with van der Waals surface area (Å²) in [5.74, 6) is 0. The van der Waals surface area contributed by atoms with Crippen LogP contribution in [0, 0.1) is 0 Å². The Labute approximate surface area is 178 Å². The van der Waals surface area contributed by atoms with Gasteiger partial charge in [-0.25, -0.2) is 0 Å². The highest BCUT2D eigenvalue weighted by Gasteiger charge is 2.17. The molecule has 6 heteroatoms. The molecule has 0 unspecified atom stereocenters. The summed E-state index contributed by atoms with van der Waals surface area (Å²) in [5.41, 5.74) is 5.94. The summed E-state index contributed by atoms with van der Waals surface area (Å²) in [7, 11) is 0. The van der Waals surface area contributed by atoms with Crippen LogP contribution in [0.3, 0.4) is 0 Å². The van der Waals surface area contributed by atoms with E-state index in [1.165, 1.54) is 22.3 Å². The number of hydrogen-bond donors (Lipinski definition) is 1. The zero-order chi connectivity index (χ0) is 20.3. The van der Waals surface area contributed by atoms with Gasteiger partial charge < -0.3 is 19.5 Å². The van der Waals surface area contributed by atoms with Crippen LogP contribution in [0.4, 0.5) is 5.69 Å². The first-order valence-electron chi connectivity index (χ1n) is 11.1. The molecular weight excluding hydrogens is 374 g/mol. The lowest BCUT2D eigenvalue weighted by Crippen LogP contribution is -2.46. The molecule has 5 rings (SSSR count). The molecule has 1 aromatic carbocycles. The zero-order valence-corrected chi connectivity index (χ0v) is 17.8. The van der Waals surface area contributed by atoms with Gasteiger partial charge in [-0.2, -0.15) is 0 Å². The van der Waals surface area contributed by atoms with Gasteiger partial charge in [-0.15, -0.1) is 0 Å². The van der Waals surface area contributed by atoms with Crippen molar-refractivity contribution in [3.05, 3.63) is 48.3 Å². The largest absolute Gasteiger partial charge is 0.379 e. The standard InChI is InChI=1S/C24H31N5O/c1-2-27-9-11-29(12-10-27)21-5-3-19(4-6-21)24-22-17-20(26-23(22)7-8-25-24)18-28-13-15-30-16-14-28/h3-8,17,26H,2,9-16,18H2,1H3. The third-order valence-corrected chi connectivity index (χ3v) is 6.43. The number of nitrogens with zero attached hydrogens (tertiary/aromatic N) is 4. The molecule has 1 N–H and O–H groups in total. The van der Waals surface area contributed by atoms with Crippen molar-refractivity contribution < 1.29 is 4.74 Å². The third kappa shape index (κ3) is 4.08. The fourth-order valence-electron chi connectivity index (χ4n) is 4.58. The predicted octanol–water partition coefficient (Wildman–Crippen LogP) is 3.20. The van der Waals surface area contributed by atoms with Crippen LogP contribution in [0.1, 0.15) is 12.6 Å². The first kappa shape index (κ1) is 19.5. The molecule has 0 atom stereocenters. The monoisotopic (exact) mass is 405 g/mol. The Kier molecular flexibility index (Phi) is 5.71. The average molecular weight is 406 g/mol. The van der Waals surface area contributed by atoms with Crippen molar-refractivity contribution in [3.63, 3.8) is 0 Å². The number of ether oxygens (including phenoxy) is 1. The number of fused-ring (bicyclic) bond motifs is 1. The number of H-pyrrole nitrogens is 1. The lowest BCUT2D eigenvalue weighted by atomic mass is 10.1. The molecule has 0 radical (unpaired) electrons. The molecule has 0 spiro atoms. The number of aromatic nitrogens is 2. The second-order valence-electron chi connectivity index (χ2n) is 8.27. The van der Waals surface area contributed by atoms with Crippen LogP contribution in [-0.2, 0) is 11.3 Å². The molecule has 158 valence electrons. The summed E-state index contributed by atoms with van der Waals surface area (Å²) < 4.78 is 5.47. The Morgan fingerprint density at radius 2 is 1.70 bits per heavy atom. The first-order valence-corrected chi connectivity index (χ1v) is 11.1. The van der Waals surface area contributed by atoms with E-state index < -0.39 is 0 Å². The first-order chi connectivity index (χ1) is 14.8. The highest BCUT2D eigenvalue weighted by atomic mass is 16.5. The van der Waals surface area contributed by atoms with Gasteiger partial charge in [0, 0.05) is 79.9 Å². The molecule has 6 nitrogen and oxygen atoms in total. The summed E-state index contributed by atoms with van der Waals surface area (Å²) in [6, 6.07) is 13.3. The zero-order valence-electron chi connectivity index (χ0n) is 17.8. The Bertz CT molecular complexity index is 969. The van der Waals surface area contributed by atoms with Crippen molar-refractivity contribution in [3.8, 4) is 11.3 Å². The average Bonchev–Trinajstić information content (AvgIpc) is 3.22. The van der Waals surface area contributed by atoms with Crippen LogP contribution >= 0.6 is 0 Å². The van der Waals surface area contributed by atoms with Crippen molar-refractivity contribution in [2.75, 3.05) is 63.9 Å². The molecular formula is C24H31N5O. The maximum absolute atomic E-state index is 5.47. The van der Waals surface area contributed by atoms with Crippen molar-refractivity contribution in [1.82, 2.24) is 19.8 Å². The summed E-state index contributed by atoms with van der Waals surface area (Å²) in [5, 5.41) is 1.20. The summed E-state index contributed by atoms with van der Waals surface area (Å²) in [6.07, 6.45) is 1.91. The van der Waals surface area contributed by atoms with Gasteiger partial charge in [0.15, 0.2) is 0 Å². The molecule has 3 aromatic rings. The fraction of sp³-hybridized carbons (Fsp3) is 0.458. The number of aromatic amines is 1. The lowest BCUT2D eigenvalue weighted by Gasteiger charge is -2.35. The van der Waals surface area contributed by atoms with E-state index in [9.17, 15) is 0 Å². The Balaban J connectivity index is 1.35. The number of nitrogens with one attached hydrogen (secondary N) is 1. The van der Waals surface area contributed by atoms with E-state index in [4.69, 9.17) is 9.72 Å². The minimum absolute atomic E-state index is 0.826. The van der Waals surface area contributed by atoms with Gasteiger partial charge in [0.05, 0.1) is 18.9 Å². The molecule has 0 aliphatic carbocycles. The number of likely N-dealkylation sites (N-methyl/N-ethyl adjacent to an activating group) is 1. The van der Waals surface area contributed by atoms with Gasteiger partial charge in [0.25, 0.3) is 0 Å². The molecule has 0 amide bonds. The van der Waals surface area contributed by atoms with Gasteiger partial charge in [-0.05, 0) is 30.8 Å². The molecule has 2 saturated heterocycles. The number of rotatable bonds is 5. The second-order valence-corrected chi connectivity index (χ2v) is 8.27. The Morgan fingerprint density at radius 1 is 0.933 bits per heavy atom. The van der Waals surface area contributed by atoms with Crippen molar-refractivity contribution in [2.24, 2.45) is 0 Å². The summed E-state index contributed by atoms with van der Waals surface area (Å²) in [6.45, 7) is 12.5. The molecule has 2 aromatic heterocycles. The second kappa shape index (κ2) is 8.76. The van der Waals surface area contributed by atoms with E-state index in [-0.39, 0.29) is 0 Å². The Hall–Kier alpha value is -2.41. The van der Waals surface area contributed by atoms with E-state index in [1.807, 2.05) is 6.20 Å². The maximum atomic E-state index is 5.47. The third-order valence-electron chi connectivity index (χ3n) is 6.43. The van der Waals surface area contributed by atoms with Gasteiger partial charge in [0.2, 0.25) is 0 Å². The van der Waals surface area contributed by atoms with Crippen LogP contribution in [-0.4, -0.2) is 78.8 Å². The molecule has 0 saturated carbocycles. The van der Waals surface area contributed by atoms with Crippen LogP contribution in [0.2, 0.25) is 0 Å². The van der Waals surface area contributed by atoms with Gasteiger partial charge in [-0.1, -0.05) is 19.1 Å². The number of morpholine rings is 1.